The first-order valence-electron chi connectivity index (χ1n) is 8.47. The van der Waals surface area contributed by atoms with Crippen molar-refractivity contribution >= 4 is 38.5 Å². The highest BCUT2D eigenvalue weighted by atomic mass is 32.1. The normalized spacial score (nSPS) is 16.4. The maximum absolute atomic E-state index is 12.6. The van der Waals surface area contributed by atoms with Crippen LogP contribution in [0.5, 0.6) is 5.75 Å². The van der Waals surface area contributed by atoms with Crippen molar-refractivity contribution in [3.05, 3.63) is 18.2 Å². The second-order valence-corrected chi connectivity index (χ2v) is 8.27. The molecule has 1 aliphatic rings. The molecule has 7 nitrogen and oxygen atoms in total. The maximum atomic E-state index is 12.6. The van der Waals surface area contributed by atoms with E-state index in [1.165, 1.54) is 26.0 Å². The number of rotatable bonds is 5. The van der Waals surface area contributed by atoms with E-state index in [1.807, 2.05) is 0 Å². The summed E-state index contributed by atoms with van der Waals surface area (Å²) in [5.41, 5.74) is 4.19. The predicted octanol–water partition coefficient (Wildman–Crippen LogP) is 2.91. The quantitative estimate of drug-likeness (QED) is 0.695. The van der Waals surface area contributed by atoms with Crippen molar-refractivity contribution in [2.24, 2.45) is 5.73 Å². The van der Waals surface area contributed by atoms with E-state index in [0.29, 0.717) is 23.1 Å². The number of benzene rings is 1. The molecular formula is C17H19F3N4O3S. The van der Waals surface area contributed by atoms with Gasteiger partial charge in [-0.05, 0) is 45.2 Å². The molecule has 0 atom stereocenters. The van der Waals surface area contributed by atoms with E-state index in [4.69, 9.17) is 5.73 Å². The Hall–Kier alpha value is -2.40. The van der Waals surface area contributed by atoms with Crippen LogP contribution < -0.4 is 21.1 Å². The summed E-state index contributed by atoms with van der Waals surface area (Å²) in [5.74, 6) is -1.28. The second kappa shape index (κ2) is 6.89. The van der Waals surface area contributed by atoms with Crippen molar-refractivity contribution < 1.29 is 27.5 Å². The number of carbonyl (C=O) groups excluding carboxylic acids is 2. The van der Waals surface area contributed by atoms with E-state index in [0.717, 1.165) is 23.8 Å². The van der Waals surface area contributed by atoms with Crippen LogP contribution >= 0.6 is 11.3 Å². The number of hydrogen-bond acceptors (Lipinski definition) is 6. The molecule has 1 fully saturated rings. The van der Waals surface area contributed by atoms with Crippen molar-refractivity contribution in [1.29, 1.82) is 0 Å². The van der Waals surface area contributed by atoms with E-state index in [-0.39, 0.29) is 10.9 Å². The first-order chi connectivity index (χ1) is 12.9. The number of aromatic nitrogens is 1. The van der Waals surface area contributed by atoms with Crippen LogP contribution in [0.2, 0.25) is 0 Å². The fraction of sp³-hybridized carbons (Fsp3) is 0.471. The number of thiazole rings is 1. The van der Waals surface area contributed by atoms with Crippen LogP contribution in [0.3, 0.4) is 0 Å². The SMILES string of the molecule is CC(C)(NC(=O)C1(N)CCC1)C(=O)Nc1nc2ccc(OC(F)(F)F)cc2s1. The van der Waals surface area contributed by atoms with Gasteiger partial charge in [0.15, 0.2) is 5.13 Å². The van der Waals surface area contributed by atoms with Crippen LogP contribution in [0.4, 0.5) is 18.3 Å². The van der Waals surface area contributed by atoms with E-state index < -0.39 is 29.3 Å². The number of halogens is 3. The van der Waals surface area contributed by atoms with Crippen LogP contribution in [0.15, 0.2) is 18.2 Å². The van der Waals surface area contributed by atoms with Crippen LogP contribution in [0.25, 0.3) is 10.2 Å². The summed E-state index contributed by atoms with van der Waals surface area (Å²) in [5, 5.41) is 5.42. The highest BCUT2D eigenvalue weighted by Gasteiger charge is 2.43. The number of fused-ring (bicyclic) bond motifs is 1. The summed E-state index contributed by atoms with van der Waals surface area (Å²) in [6, 6.07) is 3.70. The molecule has 0 radical (unpaired) electrons. The largest absolute Gasteiger partial charge is 0.573 e. The summed E-state index contributed by atoms with van der Waals surface area (Å²) >= 11 is 0.994. The average molecular weight is 416 g/mol. The van der Waals surface area contributed by atoms with Crippen molar-refractivity contribution in [2.75, 3.05) is 5.32 Å². The molecule has 1 saturated carbocycles. The summed E-state index contributed by atoms with van der Waals surface area (Å²) < 4.78 is 41.3. The van der Waals surface area contributed by atoms with Gasteiger partial charge in [0.2, 0.25) is 5.91 Å². The van der Waals surface area contributed by atoms with Gasteiger partial charge in [-0.15, -0.1) is 13.2 Å². The number of hydrogen-bond donors (Lipinski definition) is 3. The minimum Gasteiger partial charge on any atom is -0.406 e. The van der Waals surface area contributed by atoms with E-state index in [9.17, 15) is 22.8 Å². The third-order valence-corrected chi connectivity index (χ3v) is 5.44. The van der Waals surface area contributed by atoms with Gasteiger partial charge in [0.05, 0.1) is 15.8 Å². The van der Waals surface area contributed by atoms with E-state index in [1.54, 1.807) is 0 Å². The number of amides is 2. The first kappa shape index (κ1) is 20.3. The van der Waals surface area contributed by atoms with Crippen molar-refractivity contribution in [3.8, 4) is 5.75 Å². The lowest BCUT2D eigenvalue weighted by Gasteiger charge is -2.38. The topological polar surface area (TPSA) is 106 Å². The lowest BCUT2D eigenvalue weighted by molar-refractivity contribution is -0.274. The highest BCUT2D eigenvalue weighted by molar-refractivity contribution is 7.22. The van der Waals surface area contributed by atoms with Gasteiger partial charge in [-0.1, -0.05) is 11.3 Å². The highest BCUT2D eigenvalue weighted by Crippen LogP contribution is 2.32. The molecular weight excluding hydrogens is 397 g/mol. The van der Waals surface area contributed by atoms with Crippen LogP contribution in [-0.4, -0.2) is 34.2 Å². The number of carbonyl (C=O) groups is 2. The molecule has 0 bridgehead atoms. The fourth-order valence-electron chi connectivity index (χ4n) is 2.66. The lowest BCUT2D eigenvalue weighted by Crippen LogP contribution is -2.64. The zero-order valence-electron chi connectivity index (χ0n) is 15.1. The van der Waals surface area contributed by atoms with Crippen molar-refractivity contribution in [2.45, 2.75) is 50.6 Å². The number of alkyl halides is 3. The Labute approximate surface area is 162 Å². The molecule has 0 saturated heterocycles. The Morgan fingerprint density at radius 2 is 1.96 bits per heavy atom. The number of nitrogens with two attached hydrogens (primary N) is 1. The Kier molecular flexibility index (Phi) is 5.00. The zero-order chi connectivity index (χ0) is 20.7. The summed E-state index contributed by atoms with van der Waals surface area (Å²) in [4.78, 5) is 29.0. The van der Waals surface area contributed by atoms with Crippen LogP contribution in [-0.2, 0) is 9.59 Å². The Bertz CT molecular complexity index is 922. The van der Waals surface area contributed by atoms with Gasteiger partial charge in [0.1, 0.15) is 11.3 Å². The molecule has 1 aliphatic carbocycles. The van der Waals surface area contributed by atoms with Gasteiger partial charge in [-0.2, -0.15) is 0 Å². The monoisotopic (exact) mass is 416 g/mol. The smallest absolute Gasteiger partial charge is 0.406 e. The molecule has 1 aromatic carbocycles. The minimum absolute atomic E-state index is 0.192. The predicted molar refractivity (Wildman–Crippen MR) is 97.9 cm³/mol. The first-order valence-corrected chi connectivity index (χ1v) is 9.29. The Morgan fingerprint density at radius 1 is 1.29 bits per heavy atom. The molecule has 11 heteroatoms. The van der Waals surface area contributed by atoms with Crippen molar-refractivity contribution in [1.82, 2.24) is 10.3 Å². The van der Waals surface area contributed by atoms with E-state index in [2.05, 4.69) is 20.4 Å². The molecule has 2 amide bonds. The number of nitrogens with zero attached hydrogens (tertiary/aromatic N) is 1. The van der Waals surface area contributed by atoms with Gasteiger partial charge >= 0.3 is 6.36 Å². The molecule has 1 heterocycles. The van der Waals surface area contributed by atoms with Crippen LogP contribution in [0, 0.1) is 0 Å². The zero-order valence-corrected chi connectivity index (χ0v) is 16.0. The van der Waals surface area contributed by atoms with Crippen molar-refractivity contribution in [3.63, 3.8) is 0 Å². The molecule has 1 aromatic heterocycles. The number of ether oxygens (including phenoxy) is 1. The average Bonchev–Trinajstić information content (AvgIpc) is 2.91. The molecule has 0 spiro atoms. The summed E-state index contributed by atoms with van der Waals surface area (Å²) in [6.07, 6.45) is -2.80. The molecule has 2 aromatic rings. The van der Waals surface area contributed by atoms with E-state index >= 15 is 0 Å². The maximum Gasteiger partial charge on any atom is 0.573 e. The van der Waals surface area contributed by atoms with Crippen LogP contribution in [0.1, 0.15) is 33.1 Å². The summed E-state index contributed by atoms with van der Waals surface area (Å²) in [7, 11) is 0. The molecule has 152 valence electrons. The Balaban J connectivity index is 1.70. The molecule has 28 heavy (non-hydrogen) atoms. The van der Waals surface area contributed by atoms with Gasteiger partial charge in [0.25, 0.3) is 5.91 Å². The van der Waals surface area contributed by atoms with Gasteiger partial charge in [0, 0.05) is 6.07 Å². The van der Waals surface area contributed by atoms with Gasteiger partial charge in [-0.3, -0.25) is 14.9 Å². The Morgan fingerprint density at radius 3 is 2.54 bits per heavy atom. The van der Waals surface area contributed by atoms with Gasteiger partial charge < -0.3 is 15.8 Å². The minimum atomic E-state index is -4.79. The standard InChI is InChI=1S/C17H19F3N4O3S/c1-15(2,24-13(26)16(21)6-3-7-16)12(25)23-14-22-10-5-4-9(8-11(10)28-14)27-17(18,19)20/h4-5,8H,3,6-7,21H2,1-2H3,(H,24,26)(H,22,23,25). The number of nitrogens with one attached hydrogen (secondary N) is 2. The summed E-state index contributed by atoms with van der Waals surface area (Å²) in [6.45, 7) is 3.07. The molecule has 4 N–H and O–H groups in total. The molecule has 0 unspecified atom stereocenters. The second-order valence-electron chi connectivity index (χ2n) is 7.24. The molecule has 0 aliphatic heterocycles. The van der Waals surface area contributed by atoms with Gasteiger partial charge in [-0.25, -0.2) is 4.98 Å². The third-order valence-electron chi connectivity index (χ3n) is 4.51. The molecule has 3 rings (SSSR count). The third kappa shape index (κ3) is 4.36. The lowest BCUT2D eigenvalue weighted by atomic mass is 9.76. The number of anilines is 1. The fourth-order valence-corrected chi connectivity index (χ4v) is 3.55.